The van der Waals surface area contributed by atoms with Gasteiger partial charge >= 0.3 is 0 Å². The van der Waals surface area contributed by atoms with E-state index in [0.29, 0.717) is 28.4 Å². The molecule has 6 rings (SSSR count). The summed E-state index contributed by atoms with van der Waals surface area (Å²) < 4.78 is 15.3. The average Bonchev–Trinajstić information content (AvgIpc) is 3.66. The number of halogens is 1. The highest BCUT2D eigenvalue weighted by molar-refractivity contribution is 7.16. The average molecular weight is 550 g/mol. The van der Waals surface area contributed by atoms with Gasteiger partial charge in [0, 0.05) is 33.9 Å². The second-order valence-corrected chi connectivity index (χ2v) is 11.4. The van der Waals surface area contributed by atoms with Crippen molar-refractivity contribution in [3.05, 3.63) is 84.5 Å². The molecule has 1 aromatic carbocycles. The maximum atomic E-state index is 15.3. The number of benzene rings is 1. The van der Waals surface area contributed by atoms with Crippen LogP contribution in [0.1, 0.15) is 32.1 Å². The van der Waals surface area contributed by atoms with Crippen molar-refractivity contribution in [2.75, 3.05) is 5.32 Å². The highest BCUT2D eigenvalue weighted by Crippen LogP contribution is 2.36. The second kappa shape index (κ2) is 10.2. The van der Waals surface area contributed by atoms with Crippen LogP contribution >= 0.6 is 11.3 Å². The maximum absolute atomic E-state index is 15.3. The van der Waals surface area contributed by atoms with Gasteiger partial charge in [-0.15, -0.1) is 11.3 Å². The molecule has 0 amide bonds. The highest BCUT2D eigenvalue weighted by Gasteiger charge is 2.19. The zero-order chi connectivity index (χ0) is 28.0. The fourth-order valence-electron chi connectivity index (χ4n) is 4.77. The monoisotopic (exact) mass is 549 g/mol. The Kier molecular flexibility index (Phi) is 6.51. The van der Waals surface area contributed by atoms with E-state index < -0.39 is 5.82 Å². The van der Waals surface area contributed by atoms with Gasteiger partial charge in [-0.2, -0.15) is 5.10 Å². The van der Waals surface area contributed by atoms with Crippen molar-refractivity contribution < 1.29 is 4.39 Å². The van der Waals surface area contributed by atoms with Crippen LogP contribution in [0.15, 0.2) is 73.8 Å². The molecule has 0 aliphatic rings. The van der Waals surface area contributed by atoms with E-state index in [-0.39, 0.29) is 5.52 Å². The van der Waals surface area contributed by atoms with E-state index in [1.807, 2.05) is 37.3 Å². The molecule has 0 saturated carbocycles. The first kappa shape index (κ1) is 25.6. The van der Waals surface area contributed by atoms with Gasteiger partial charge in [0.2, 0.25) is 0 Å². The van der Waals surface area contributed by atoms with E-state index in [1.165, 1.54) is 6.07 Å². The van der Waals surface area contributed by atoms with E-state index in [1.54, 1.807) is 29.9 Å². The van der Waals surface area contributed by atoms with Gasteiger partial charge in [0.05, 0.1) is 22.3 Å². The van der Waals surface area contributed by atoms with Crippen LogP contribution in [0.3, 0.4) is 0 Å². The minimum atomic E-state index is -0.429. The molecule has 0 aliphatic heterocycles. The third-order valence-corrected chi connectivity index (χ3v) is 7.81. The Bertz CT molecular complexity index is 1910. The molecule has 7 nitrogen and oxygen atoms in total. The molecule has 0 aliphatic carbocycles. The first-order valence-corrected chi connectivity index (χ1v) is 13.8. The lowest BCUT2D eigenvalue weighted by Crippen LogP contribution is -2.02. The van der Waals surface area contributed by atoms with E-state index in [2.05, 4.69) is 57.5 Å². The first-order chi connectivity index (χ1) is 19.3. The number of pyridine rings is 2. The van der Waals surface area contributed by atoms with Crippen molar-refractivity contribution in [1.29, 1.82) is 0 Å². The number of aromatic amines is 2. The Morgan fingerprint density at radius 1 is 1.07 bits per heavy atom. The number of rotatable bonds is 8. The summed E-state index contributed by atoms with van der Waals surface area (Å²) in [6.45, 7) is 14.4. The molecule has 40 heavy (non-hydrogen) atoms. The molecule has 0 radical (unpaired) electrons. The third kappa shape index (κ3) is 4.80. The quantitative estimate of drug-likeness (QED) is 0.177. The zero-order valence-electron chi connectivity index (χ0n) is 22.5. The molecular weight excluding hydrogens is 521 g/mol. The van der Waals surface area contributed by atoms with E-state index >= 15 is 4.39 Å². The number of imidazole rings is 1. The Morgan fingerprint density at radius 3 is 2.70 bits per heavy atom. The number of aromatic nitrogens is 6. The van der Waals surface area contributed by atoms with Gasteiger partial charge in [0.25, 0.3) is 0 Å². The molecule has 5 aromatic heterocycles. The fraction of sp³-hybridized carbons (Fsp3) is 0.161. The number of fused-ring (bicyclic) bond motifs is 2. The smallest absolute Gasteiger partial charge is 0.157 e. The summed E-state index contributed by atoms with van der Waals surface area (Å²) in [5.74, 6) is 0.608. The number of nitrogens with one attached hydrogen (secondary N) is 3. The van der Waals surface area contributed by atoms with Crippen LogP contribution in [0.4, 0.5) is 10.1 Å². The molecule has 9 heteroatoms. The summed E-state index contributed by atoms with van der Waals surface area (Å²) in [6, 6.07) is 11.3. The molecule has 0 spiro atoms. The van der Waals surface area contributed by atoms with Crippen LogP contribution in [0.25, 0.3) is 60.7 Å². The van der Waals surface area contributed by atoms with Crippen molar-refractivity contribution in [2.45, 2.75) is 27.2 Å². The van der Waals surface area contributed by atoms with Crippen molar-refractivity contribution >= 4 is 44.5 Å². The van der Waals surface area contributed by atoms with Gasteiger partial charge in [-0.3, -0.25) is 15.1 Å². The zero-order valence-corrected chi connectivity index (χ0v) is 23.3. The highest BCUT2D eigenvalue weighted by atomic mass is 32.1. The lowest BCUT2D eigenvalue weighted by Gasteiger charge is -2.12. The maximum Gasteiger partial charge on any atom is 0.157 e. The van der Waals surface area contributed by atoms with E-state index in [9.17, 15) is 0 Å². The number of anilines is 1. The number of H-pyrrole nitrogens is 2. The number of hydrogen-bond donors (Lipinski definition) is 3. The summed E-state index contributed by atoms with van der Waals surface area (Å²) >= 11 is 1.62. The predicted octanol–water partition coefficient (Wildman–Crippen LogP) is 8.44. The molecule has 3 N–H and O–H groups in total. The molecule has 0 fully saturated rings. The molecule has 0 bridgehead atoms. The van der Waals surface area contributed by atoms with Crippen molar-refractivity contribution in [1.82, 2.24) is 30.1 Å². The van der Waals surface area contributed by atoms with Gasteiger partial charge in [-0.25, -0.2) is 9.37 Å². The molecule has 0 saturated heterocycles. The molecule has 0 atom stereocenters. The van der Waals surface area contributed by atoms with Gasteiger partial charge < -0.3 is 10.3 Å². The Morgan fingerprint density at radius 2 is 1.93 bits per heavy atom. The Labute approximate surface area is 234 Å². The molecule has 5 heterocycles. The number of allylic oxidation sites excluding steroid dienone is 2. The van der Waals surface area contributed by atoms with Crippen LogP contribution in [0, 0.1) is 11.7 Å². The predicted molar refractivity (Wildman–Crippen MR) is 162 cm³/mol. The minimum absolute atomic E-state index is 0.245. The van der Waals surface area contributed by atoms with Crippen LogP contribution in [-0.2, 0) is 0 Å². The van der Waals surface area contributed by atoms with Gasteiger partial charge in [-0.05, 0) is 66.8 Å². The van der Waals surface area contributed by atoms with Crippen molar-refractivity contribution in [3.63, 3.8) is 0 Å². The minimum Gasteiger partial charge on any atom is -0.358 e. The summed E-state index contributed by atoms with van der Waals surface area (Å²) in [6.07, 6.45) is 6.06. The lowest BCUT2D eigenvalue weighted by atomic mass is 10.0. The van der Waals surface area contributed by atoms with Gasteiger partial charge in [0.1, 0.15) is 22.4 Å². The van der Waals surface area contributed by atoms with Gasteiger partial charge in [-0.1, -0.05) is 27.0 Å². The SMILES string of the molecule is C=C(CC(C)C)Nc1cncc(-c2cc(F)c3n[nH]c(-c4nc5c(-c6ccc(C(=C)C)s6)nccc5[nH]4)c3c2)c1. The number of nitrogens with zero attached hydrogens (tertiary/aromatic N) is 4. The third-order valence-electron chi connectivity index (χ3n) is 6.56. The van der Waals surface area contributed by atoms with Crippen LogP contribution in [0.2, 0.25) is 0 Å². The van der Waals surface area contributed by atoms with E-state index in [0.717, 1.165) is 55.4 Å². The van der Waals surface area contributed by atoms with Gasteiger partial charge in [0.15, 0.2) is 11.6 Å². The number of hydrogen-bond acceptors (Lipinski definition) is 6. The molecule has 200 valence electrons. The molecule has 6 aromatic rings. The summed E-state index contributed by atoms with van der Waals surface area (Å²) in [5, 5.41) is 11.2. The van der Waals surface area contributed by atoms with Crippen LogP contribution < -0.4 is 5.32 Å². The lowest BCUT2D eigenvalue weighted by molar-refractivity contribution is 0.636. The van der Waals surface area contributed by atoms with Crippen LogP contribution in [-0.4, -0.2) is 30.1 Å². The fourth-order valence-corrected chi connectivity index (χ4v) is 5.69. The van der Waals surface area contributed by atoms with Crippen molar-refractivity contribution in [3.8, 4) is 33.2 Å². The Hall–Kier alpha value is -4.63. The summed E-state index contributed by atoms with van der Waals surface area (Å²) in [7, 11) is 0. The number of thiophene rings is 1. The Balaban J connectivity index is 1.40. The summed E-state index contributed by atoms with van der Waals surface area (Å²) in [4.78, 5) is 19.3. The topological polar surface area (TPSA) is 95.2 Å². The normalized spacial score (nSPS) is 11.5. The molecule has 0 unspecified atom stereocenters. The second-order valence-electron chi connectivity index (χ2n) is 10.3. The standard InChI is InChI=1S/C31H28FN7S/c1-16(2)10-18(5)35-21-11-20(14-33-15-21)19-12-22-27(23(32)13-19)38-39-28(22)31-36-24-8-9-34-30(29(24)37-31)26-7-6-25(40-26)17(3)4/h6-9,11-16,35H,3,5,10H2,1-2,4H3,(H,36,37)(H,38,39). The molecular formula is C31H28FN7S. The first-order valence-electron chi connectivity index (χ1n) is 13.0. The van der Waals surface area contributed by atoms with Crippen molar-refractivity contribution in [2.24, 2.45) is 5.92 Å². The largest absolute Gasteiger partial charge is 0.358 e. The van der Waals surface area contributed by atoms with Crippen LogP contribution in [0.5, 0.6) is 0 Å². The van der Waals surface area contributed by atoms with E-state index in [4.69, 9.17) is 4.98 Å². The summed E-state index contributed by atoms with van der Waals surface area (Å²) in [5.41, 5.74) is 7.36.